The van der Waals surface area contributed by atoms with Crippen LogP contribution in [-0.2, 0) is 32.6 Å². The van der Waals surface area contributed by atoms with Gasteiger partial charge in [-0.25, -0.2) is 13.2 Å². The number of hydrogen-bond acceptors (Lipinski definition) is 8. The first-order valence-corrected chi connectivity index (χ1v) is 14.8. The highest BCUT2D eigenvalue weighted by Crippen LogP contribution is 2.47. The number of nitro groups is 1. The second-order valence-corrected chi connectivity index (χ2v) is 12.7. The molecular formula is C29H27N5O7S. The summed E-state index contributed by atoms with van der Waals surface area (Å²) in [7, 11) is -3.99. The molecule has 0 radical (unpaired) electrons. The number of barbiturate groups is 1. The minimum absolute atomic E-state index is 0.0572. The molecule has 4 amide bonds. The van der Waals surface area contributed by atoms with E-state index in [1.54, 1.807) is 53.4 Å². The summed E-state index contributed by atoms with van der Waals surface area (Å²) >= 11 is 0. The Balaban J connectivity index is 1.46. The number of rotatable bonds is 5. The molecule has 12 nitrogen and oxygen atoms in total. The number of sulfonamides is 1. The van der Waals surface area contributed by atoms with Gasteiger partial charge in [0.05, 0.1) is 22.4 Å². The number of carbonyl (C=O) groups excluding carboxylic acids is 3. The van der Waals surface area contributed by atoms with Crippen molar-refractivity contribution >= 4 is 39.2 Å². The lowest BCUT2D eigenvalue weighted by Gasteiger charge is -2.55. The number of fused-ring (bicyclic) bond motifs is 4. The summed E-state index contributed by atoms with van der Waals surface area (Å²) in [5, 5.41) is 13.9. The number of nitro benzene ring substituents is 1. The lowest BCUT2D eigenvalue weighted by Crippen LogP contribution is -2.75. The summed E-state index contributed by atoms with van der Waals surface area (Å²) in [6.07, 6.45) is -0.243. The minimum Gasteiger partial charge on any atom is -0.364 e. The summed E-state index contributed by atoms with van der Waals surface area (Å²) in [5.74, 6) is -1.63. The molecule has 2 saturated heterocycles. The molecule has 0 aromatic heterocycles. The van der Waals surface area contributed by atoms with Crippen molar-refractivity contribution in [1.82, 2.24) is 14.5 Å². The number of imide groups is 2. The monoisotopic (exact) mass is 589 g/mol. The van der Waals surface area contributed by atoms with Crippen LogP contribution in [0.3, 0.4) is 0 Å². The number of nitrogens with one attached hydrogen (secondary N) is 1. The zero-order chi connectivity index (χ0) is 29.8. The van der Waals surface area contributed by atoms with Crippen molar-refractivity contribution in [2.45, 2.75) is 30.8 Å². The third-order valence-corrected chi connectivity index (χ3v) is 10.2. The largest absolute Gasteiger partial charge is 0.364 e. The molecule has 2 atom stereocenters. The first kappa shape index (κ1) is 27.5. The van der Waals surface area contributed by atoms with Crippen molar-refractivity contribution in [3.8, 4) is 0 Å². The number of piperazine rings is 1. The molecule has 0 bridgehead atoms. The van der Waals surface area contributed by atoms with Crippen LogP contribution in [0.1, 0.15) is 16.7 Å². The average Bonchev–Trinajstić information content (AvgIpc) is 2.98. The lowest BCUT2D eigenvalue weighted by atomic mass is 9.67. The van der Waals surface area contributed by atoms with Crippen LogP contribution in [0.2, 0.25) is 0 Å². The molecular weight excluding hydrogens is 562 g/mol. The number of aryl methyl sites for hydroxylation is 1. The van der Waals surface area contributed by atoms with E-state index in [0.717, 1.165) is 10.5 Å². The Hall–Kier alpha value is -4.62. The Morgan fingerprint density at radius 3 is 2.40 bits per heavy atom. The third-order valence-electron chi connectivity index (χ3n) is 8.30. The Morgan fingerprint density at radius 1 is 1.00 bits per heavy atom. The van der Waals surface area contributed by atoms with Gasteiger partial charge >= 0.3 is 6.03 Å². The summed E-state index contributed by atoms with van der Waals surface area (Å²) in [5.41, 5.74) is 0.393. The van der Waals surface area contributed by atoms with Crippen LogP contribution in [0.15, 0.2) is 77.7 Å². The van der Waals surface area contributed by atoms with E-state index in [4.69, 9.17) is 0 Å². The second kappa shape index (κ2) is 10.0. The predicted molar refractivity (Wildman–Crippen MR) is 151 cm³/mol. The van der Waals surface area contributed by atoms with Crippen LogP contribution in [0.5, 0.6) is 0 Å². The fraction of sp³-hybridized carbons (Fsp3) is 0.276. The van der Waals surface area contributed by atoms with Crippen LogP contribution in [0.25, 0.3) is 0 Å². The van der Waals surface area contributed by atoms with Gasteiger partial charge in [0.15, 0.2) is 5.41 Å². The Labute approximate surface area is 241 Å². The van der Waals surface area contributed by atoms with E-state index in [2.05, 4.69) is 5.32 Å². The third kappa shape index (κ3) is 4.32. The number of amides is 4. The van der Waals surface area contributed by atoms with Crippen LogP contribution >= 0.6 is 0 Å². The SMILES string of the molecule is Cc1ccc(S(=O)(=O)N2CCN3c4ccc([N+](=O)[O-])cc4CC4(C(=O)NC(=O)N(Cc5ccccc5)C4=O)C3C2)cc1. The molecule has 1 spiro atoms. The van der Waals surface area contributed by atoms with Crippen LogP contribution < -0.4 is 10.2 Å². The van der Waals surface area contributed by atoms with Crippen molar-refractivity contribution < 1.29 is 27.7 Å². The van der Waals surface area contributed by atoms with Gasteiger partial charge in [-0.2, -0.15) is 4.31 Å². The molecule has 3 heterocycles. The molecule has 42 heavy (non-hydrogen) atoms. The van der Waals surface area contributed by atoms with Gasteiger partial charge in [0.2, 0.25) is 21.8 Å². The van der Waals surface area contributed by atoms with E-state index in [1.165, 1.54) is 28.6 Å². The summed E-state index contributed by atoms with van der Waals surface area (Å²) in [4.78, 5) is 55.1. The van der Waals surface area contributed by atoms with Gasteiger partial charge in [0.25, 0.3) is 5.69 Å². The van der Waals surface area contributed by atoms with Crippen molar-refractivity contribution in [3.05, 3.63) is 99.6 Å². The Kier molecular flexibility index (Phi) is 6.58. The molecule has 3 aliphatic rings. The van der Waals surface area contributed by atoms with Crippen LogP contribution in [0.4, 0.5) is 16.2 Å². The molecule has 3 aliphatic heterocycles. The standard InChI is InChI=1S/C29H27N5O7S/c1-19-7-10-23(11-8-19)42(40,41)31-13-14-32-24-12-9-22(34(38)39)15-21(24)16-29(25(32)18-31)26(35)30-28(37)33(27(29)36)17-20-5-3-2-4-6-20/h2-12,15,25H,13-14,16-18H2,1H3,(H,30,35,37). The quantitative estimate of drug-likeness (QED) is 0.271. The van der Waals surface area contributed by atoms with E-state index in [-0.39, 0.29) is 43.2 Å². The van der Waals surface area contributed by atoms with E-state index in [0.29, 0.717) is 16.8 Å². The first-order valence-electron chi connectivity index (χ1n) is 13.3. The first-order chi connectivity index (χ1) is 20.0. The fourth-order valence-corrected chi connectivity index (χ4v) is 7.57. The summed E-state index contributed by atoms with van der Waals surface area (Å²) < 4.78 is 28.7. The van der Waals surface area contributed by atoms with Gasteiger partial charge < -0.3 is 4.90 Å². The van der Waals surface area contributed by atoms with Crippen molar-refractivity contribution in [1.29, 1.82) is 0 Å². The maximum atomic E-state index is 14.4. The molecule has 2 unspecified atom stereocenters. The molecule has 13 heteroatoms. The van der Waals surface area contributed by atoms with Crippen molar-refractivity contribution in [2.24, 2.45) is 5.41 Å². The molecule has 2 fully saturated rings. The number of non-ortho nitro benzene ring substituents is 1. The minimum atomic E-state index is -3.99. The van der Waals surface area contributed by atoms with E-state index >= 15 is 0 Å². The fourth-order valence-electron chi connectivity index (χ4n) is 6.14. The molecule has 1 N–H and O–H groups in total. The number of anilines is 1. The predicted octanol–water partition coefficient (Wildman–Crippen LogP) is 2.60. The molecule has 3 aromatic rings. The highest BCUT2D eigenvalue weighted by Gasteiger charge is 2.63. The normalized spacial score (nSPS) is 22.5. The molecule has 6 rings (SSSR count). The smallest absolute Gasteiger partial charge is 0.331 e. The zero-order valence-electron chi connectivity index (χ0n) is 22.6. The van der Waals surface area contributed by atoms with Crippen molar-refractivity contribution in [2.75, 3.05) is 24.5 Å². The molecule has 3 aromatic carbocycles. The summed E-state index contributed by atoms with van der Waals surface area (Å²) in [6.45, 7) is 1.70. The van der Waals surface area contributed by atoms with E-state index < -0.39 is 44.2 Å². The van der Waals surface area contributed by atoms with Gasteiger partial charge in [-0.3, -0.25) is 29.9 Å². The number of carbonyl (C=O) groups is 3. The average molecular weight is 590 g/mol. The zero-order valence-corrected chi connectivity index (χ0v) is 23.4. The van der Waals surface area contributed by atoms with Crippen LogP contribution in [0, 0.1) is 22.5 Å². The maximum Gasteiger partial charge on any atom is 0.331 e. The Morgan fingerprint density at radius 2 is 1.71 bits per heavy atom. The van der Waals surface area contributed by atoms with E-state index in [1.807, 2.05) is 6.92 Å². The van der Waals surface area contributed by atoms with Gasteiger partial charge in [-0.15, -0.1) is 0 Å². The van der Waals surface area contributed by atoms with Gasteiger partial charge in [0.1, 0.15) is 0 Å². The lowest BCUT2D eigenvalue weighted by molar-refractivity contribution is -0.384. The Bertz CT molecular complexity index is 1730. The number of hydrogen-bond donors (Lipinski definition) is 1. The number of benzene rings is 3. The van der Waals surface area contributed by atoms with E-state index in [9.17, 15) is 32.9 Å². The maximum absolute atomic E-state index is 14.4. The highest BCUT2D eigenvalue weighted by atomic mass is 32.2. The number of nitrogens with zero attached hydrogens (tertiary/aromatic N) is 4. The molecule has 216 valence electrons. The molecule has 0 aliphatic carbocycles. The van der Waals surface area contributed by atoms with Gasteiger partial charge in [-0.1, -0.05) is 48.0 Å². The van der Waals surface area contributed by atoms with Crippen LogP contribution in [-0.4, -0.2) is 66.1 Å². The van der Waals surface area contributed by atoms with Crippen molar-refractivity contribution in [3.63, 3.8) is 0 Å². The van der Waals surface area contributed by atoms with Gasteiger partial charge in [0, 0.05) is 43.9 Å². The second-order valence-electron chi connectivity index (χ2n) is 10.7. The highest BCUT2D eigenvalue weighted by molar-refractivity contribution is 7.89. The summed E-state index contributed by atoms with van der Waals surface area (Å²) in [6, 6.07) is 17.6. The molecule has 0 saturated carbocycles. The van der Waals surface area contributed by atoms with Gasteiger partial charge in [-0.05, 0) is 36.2 Å². The number of urea groups is 1. The topological polar surface area (TPSA) is 150 Å².